The molecule has 0 saturated heterocycles. The number of ether oxygens (including phenoxy) is 1. The highest BCUT2D eigenvalue weighted by Gasteiger charge is 2.27. The van der Waals surface area contributed by atoms with Gasteiger partial charge in [-0.1, -0.05) is 69.5 Å². The van der Waals surface area contributed by atoms with Crippen molar-refractivity contribution in [2.45, 2.75) is 77.5 Å². The van der Waals surface area contributed by atoms with Gasteiger partial charge in [-0.15, -0.1) is 6.58 Å². The van der Waals surface area contributed by atoms with E-state index in [1.165, 1.54) is 0 Å². The molecular weight excluding hydrogens is 396 g/mol. The van der Waals surface area contributed by atoms with Gasteiger partial charge in [0.05, 0.1) is 0 Å². The van der Waals surface area contributed by atoms with Crippen molar-refractivity contribution in [1.82, 2.24) is 10.6 Å². The number of alkyl carbamates (subject to hydrolysis) is 1. The van der Waals surface area contributed by atoms with Crippen LogP contribution in [-0.2, 0) is 20.9 Å². The first kappa shape index (κ1) is 26.2. The number of carbonyl (C=O) groups is 3. The monoisotopic (exact) mass is 432 g/mol. The average Bonchev–Trinajstić information content (AvgIpc) is 2.73. The first-order valence-corrected chi connectivity index (χ1v) is 10.9. The van der Waals surface area contributed by atoms with Crippen molar-refractivity contribution in [2.75, 3.05) is 0 Å². The Hall–Kier alpha value is -2.83. The second kappa shape index (κ2) is 15.0. The Morgan fingerprint density at radius 1 is 1.03 bits per heavy atom. The van der Waals surface area contributed by atoms with Gasteiger partial charge in [0.15, 0.2) is 0 Å². The maximum Gasteiger partial charge on any atom is 0.408 e. The SMILES string of the molecule is C=CCCCCCC[C@H](NC(=O)[C@H](CC(C)C)NC(=O)OCc1ccccc1)C(=O)O. The van der Waals surface area contributed by atoms with Gasteiger partial charge in [0, 0.05) is 0 Å². The number of nitrogens with one attached hydrogen (secondary N) is 2. The fourth-order valence-electron chi connectivity index (χ4n) is 3.13. The van der Waals surface area contributed by atoms with Gasteiger partial charge in [0.2, 0.25) is 5.91 Å². The standard InChI is InChI=1S/C24H36N2O5/c1-4-5-6-7-8-12-15-20(23(28)29)25-22(27)21(16-18(2)3)26-24(30)31-17-19-13-10-9-11-14-19/h4,9-11,13-14,18,20-21H,1,5-8,12,15-17H2,2-3H3,(H,25,27)(H,26,30)(H,28,29)/t20-,21-/m0/s1. The third-order valence-corrected chi connectivity index (χ3v) is 4.79. The molecule has 0 spiro atoms. The van der Waals surface area contributed by atoms with Crippen LogP contribution in [0.4, 0.5) is 4.79 Å². The number of hydrogen-bond acceptors (Lipinski definition) is 4. The largest absolute Gasteiger partial charge is 0.480 e. The summed E-state index contributed by atoms with van der Waals surface area (Å²) in [4.78, 5) is 36.5. The Bertz CT molecular complexity index is 690. The minimum Gasteiger partial charge on any atom is -0.480 e. The van der Waals surface area contributed by atoms with Gasteiger partial charge in [0.25, 0.3) is 0 Å². The normalized spacial score (nSPS) is 12.6. The van der Waals surface area contributed by atoms with Crippen molar-refractivity contribution in [3.63, 3.8) is 0 Å². The molecule has 0 aliphatic carbocycles. The summed E-state index contributed by atoms with van der Waals surface area (Å²) >= 11 is 0. The Kier molecular flexibility index (Phi) is 12.7. The van der Waals surface area contributed by atoms with Crippen LogP contribution in [0.2, 0.25) is 0 Å². The number of hydrogen-bond donors (Lipinski definition) is 3. The Morgan fingerprint density at radius 3 is 2.32 bits per heavy atom. The lowest BCUT2D eigenvalue weighted by molar-refractivity contribution is -0.142. The highest BCUT2D eigenvalue weighted by atomic mass is 16.5. The molecule has 0 fully saturated rings. The first-order valence-electron chi connectivity index (χ1n) is 10.9. The molecule has 2 amide bonds. The average molecular weight is 433 g/mol. The van der Waals surface area contributed by atoms with Gasteiger partial charge >= 0.3 is 12.1 Å². The highest BCUT2D eigenvalue weighted by Crippen LogP contribution is 2.10. The maximum absolute atomic E-state index is 12.7. The quantitative estimate of drug-likeness (QED) is 0.281. The van der Waals surface area contributed by atoms with Crippen LogP contribution in [0.1, 0.15) is 64.4 Å². The van der Waals surface area contributed by atoms with E-state index in [1.807, 2.05) is 50.3 Å². The number of carboxylic acid groups (broad SMARTS) is 1. The lowest BCUT2D eigenvalue weighted by Crippen LogP contribution is -2.52. The zero-order valence-electron chi connectivity index (χ0n) is 18.6. The molecule has 7 nitrogen and oxygen atoms in total. The van der Waals surface area contributed by atoms with Crippen LogP contribution >= 0.6 is 0 Å². The minimum absolute atomic E-state index is 0.0896. The van der Waals surface area contributed by atoms with Crippen molar-refractivity contribution in [1.29, 1.82) is 0 Å². The smallest absolute Gasteiger partial charge is 0.408 e. The first-order chi connectivity index (χ1) is 14.8. The fraction of sp³-hybridized carbons (Fsp3) is 0.542. The summed E-state index contributed by atoms with van der Waals surface area (Å²) < 4.78 is 5.20. The number of amides is 2. The molecule has 0 aliphatic heterocycles. The molecule has 31 heavy (non-hydrogen) atoms. The van der Waals surface area contributed by atoms with Crippen LogP contribution in [-0.4, -0.2) is 35.2 Å². The van der Waals surface area contributed by atoms with Crippen molar-refractivity contribution < 1.29 is 24.2 Å². The summed E-state index contributed by atoms with van der Waals surface area (Å²) in [6.45, 7) is 7.62. The lowest BCUT2D eigenvalue weighted by atomic mass is 10.0. The van der Waals surface area contributed by atoms with Gasteiger partial charge in [-0.05, 0) is 37.2 Å². The molecule has 0 heterocycles. The van der Waals surface area contributed by atoms with Gasteiger partial charge in [-0.25, -0.2) is 9.59 Å². The molecule has 0 bridgehead atoms. The summed E-state index contributed by atoms with van der Waals surface area (Å²) in [6.07, 6.45) is 6.45. The third-order valence-electron chi connectivity index (χ3n) is 4.79. The summed E-state index contributed by atoms with van der Waals surface area (Å²) in [5.74, 6) is -1.46. The third kappa shape index (κ3) is 11.8. The van der Waals surface area contributed by atoms with E-state index < -0.39 is 30.1 Å². The molecule has 0 radical (unpaired) electrons. The number of carboxylic acids is 1. The zero-order chi connectivity index (χ0) is 23.1. The number of aliphatic carboxylic acids is 1. The molecule has 3 N–H and O–H groups in total. The van der Waals surface area contributed by atoms with Crippen molar-refractivity contribution in [3.8, 4) is 0 Å². The van der Waals surface area contributed by atoms with Gasteiger partial charge in [-0.2, -0.15) is 0 Å². The van der Waals surface area contributed by atoms with E-state index in [2.05, 4.69) is 17.2 Å². The summed E-state index contributed by atoms with van der Waals surface area (Å²) in [5, 5.41) is 14.6. The van der Waals surface area contributed by atoms with E-state index in [0.29, 0.717) is 19.3 Å². The maximum atomic E-state index is 12.7. The summed E-state index contributed by atoms with van der Waals surface area (Å²) in [5.41, 5.74) is 0.835. The van der Waals surface area contributed by atoms with E-state index in [9.17, 15) is 19.5 Å². The Balaban J connectivity index is 2.58. The van der Waals surface area contributed by atoms with Crippen LogP contribution in [0.15, 0.2) is 43.0 Å². The minimum atomic E-state index is -1.07. The molecular formula is C24H36N2O5. The molecule has 0 unspecified atom stereocenters. The van der Waals surface area contributed by atoms with Crippen LogP contribution in [0.5, 0.6) is 0 Å². The van der Waals surface area contributed by atoms with E-state index in [1.54, 1.807) is 0 Å². The molecule has 1 aromatic rings. The van der Waals surface area contributed by atoms with Crippen LogP contribution < -0.4 is 10.6 Å². The van der Waals surface area contributed by atoms with Crippen molar-refractivity contribution in [3.05, 3.63) is 48.6 Å². The molecule has 1 rings (SSSR count). The highest BCUT2D eigenvalue weighted by molar-refractivity contribution is 5.89. The van der Waals surface area contributed by atoms with Crippen LogP contribution in [0.25, 0.3) is 0 Å². The predicted molar refractivity (Wildman–Crippen MR) is 120 cm³/mol. The van der Waals surface area contributed by atoms with Crippen molar-refractivity contribution in [2.24, 2.45) is 5.92 Å². The Morgan fingerprint density at radius 2 is 1.71 bits per heavy atom. The van der Waals surface area contributed by atoms with Crippen molar-refractivity contribution >= 4 is 18.0 Å². The lowest BCUT2D eigenvalue weighted by Gasteiger charge is -2.22. The van der Waals surface area contributed by atoms with Gasteiger partial charge in [0.1, 0.15) is 18.7 Å². The number of benzene rings is 1. The number of rotatable bonds is 15. The number of allylic oxidation sites excluding steroid dienone is 1. The fourth-order valence-corrected chi connectivity index (χ4v) is 3.13. The van der Waals surface area contributed by atoms with E-state index >= 15 is 0 Å². The van der Waals surface area contributed by atoms with E-state index in [-0.39, 0.29) is 12.5 Å². The molecule has 0 aromatic heterocycles. The summed E-state index contributed by atoms with van der Waals surface area (Å²) in [7, 11) is 0. The second-order valence-electron chi connectivity index (χ2n) is 8.07. The Labute approximate surface area is 185 Å². The van der Waals surface area contributed by atoms with E-state index in [0.717, 1.165) is 31.2 Å². The molecule has 172 valence electrons. The molecule has 1 aromatic carbocycles. The second-order valence-corrected chi connectivity index (χ2v) is 8.07. The topological polar surface area (TPSA) is 105 Å². The van der Waals surface area contributed by atoms with Crippen LogP contribution in [0, 0.1) is 5.92 Å². The van der Waals surface area contributed by atoms with Gasteiger partial charge in [-0.3, -0.25) is 4.79 Å². The number of carbonyl (C=O) groups excluding carboxylic acids is 2. The summed E-state index contributed by atoms with van der Waals surface area (Å²) in [6, 6.07) is 7.38. The van der Waals surface area contributed by atoms with Crippen LogP contribution in [0.3, 0.4) is 0 Å². The number of unbranched alkanes of at least 4 members (excludes halogenated alkanes) is 4. The molecule has 2 atom stereocenters. The van der Waals surface area contributed by atoms with Gasteiger partial charge < -0.3 is 20.5 Å². The zero-order valence-corrected chi connectivity index (χ0v) is 18.6. The molecule has 0 saturated carbocycles. The molecule has 7 heteroatoms. The van der Waals surface area contributed by atoms with E-state index in [4.69, 9.17) is 4.74 Å². The predicted octanol–water partition coefficient (Wildman–Crippen LogP) is 4.42. The molecule has 0 aliphatic rings.